The Morgan fingerprint density at radius 3 is 2.70 bits per heavy atom. The molecule has 2 amide bonds. The molecule has 4 rings (SSSR count). The van der Waals surface area contributed by atoms with E-state index in [-0.39, 0.29) is 35.8 Å². The largest absolute Gasteiger partial charge is 0.387 e. The van der Waals surface area contributed by atoms with Crippen molar-refractivity contribution in [3.8, 4) is 34.2 Å². The Morgan fingerprint density at radius 1 is 1.30 bits per heavy atom. The zero-order chi connectivity index (χ0) is 23.4. The highest BCUT2D eigenvalue weighted by atomic mass is 32.1. The first-order chi connectivity index (χ1) is 16.0. The molecule has 0 saturated carbocycles. The van der Waals surface area contributed by atoms with E-state index in [2.05, 4.69) is 26.4 Å². The fourth-order valence-corrected chi connectivity index (χ4v) is 4.77. The van der Waals surface area contributed by atoms with Crippen LogP contribution in [0.2, 0.25) is 0 Å². The van der Waals surface area contributed by atoms with Gasteiger partial charge < -0.3 is 15.3 Å². The number of nitrogens with one attached hydrogen (secondary N) is 2. The highest BCUT2D eigenvalue weighted by molar-refractivity contribution is 7.13. The van der Waals surface area contributed by atoms with Crippen molar-refractivity contribution in [2.45, 2.75) is 18.8 Å². The van der Waals surface area contributed by atoms with Crippen molar-refractivity contribution in [3.05, 3.63) is 46.9 Å². The molecule has 8 nitrogen and oxygen atoms in total. The van der Waals surface area contributed by atoms with Crippen LogP contribution in [0.1, 0.15) is 34.9 Å². The van der Waals surface area contributed by atoms with Gasteiger partial charge in [0.25, 0.3) is 5.91 Å². The molecule has 33 heavy (non-hydrogen) atoms. The third kappa shape index (κ3) is 4.79. The lowest BCUT2D eigenvalue weighted by Gasteiger charge is -2.31. The van der Waals surface area contributed by atoms with Gasteiger partial charge in [-0.15, -0.1) is 17.8 Å². The summed E-state index contributed by atoms with van der Waals surface area (Å²) in [5, 5.41) is 21.6. The van der Waals surface area contributed by atoms with Crippen LogP contribution in [0.4, 0.5) is 4.39 Å². The second-order valence-electron chi connectivity index (χ2n) is 7.61. The number of amides is 2. The van der Waals surface area contributed by atoms with Crippen LogP contribution in [-0.4, -0.2) is 63.2 Å². The van der Waals surface area contributed by atoms with Crippen LogP contribution in [0.5, 0.6) is 0 Å². The van der Waals surface area contributed by atoms with Crippen LogP contribution in [0, 0.1) is 18.2 Å². The number of terminal acetylenes is 1. The number of aliphatic hydroxyl groups excluding tert-OH is 1. The first-order valence-corrected chi connectivity index (χ1v) is 11.3. The lowest BCUT2D eigenvalue weighted by Crippen LogP contribution is -2.39. The summed E-state index contributed by atoms with van der Waals surface area (Å²) in [5.74, 6) is 1.44. The fraction of sp³-hybridized carbons (Fsp3) is 0.304. The number of piperidine rings is 1. The minimum absolute atomic E-state index is 0.0760. The van der Waals surface area contributed by atoms with Crippen molar-refractivity contribution in [1.29, 1.82) is 0 Å². The number of carbonyl (C=O) groups is 2. The van der Waals surface area contributed by atoms with E-state index in [0.29, 0.717) is 36.6 Å². The number of H-pyrrole nitrogens is 1. The van der Waals surface area contributed by atoms with E-state index in [1.54, 1.807) is 22.4 Å². The minimum atomic E-state index is -0.502. The molecule has 0 radical (unpaired) electrons. The molecule has 1 aliphatic heterocycles. The van der Waals surface area contributed by atoms with Gasteiger partial charge in [0, 0.05) is 35.6 Å². The fourth-order valence-electron chi connectivity index (χ4n) is 3.92. The Kier molecular flexibility index (Phi) is 6.82. The number of halogens is 1. The van der Waals surface area contributed by atoms with Crippen LogP contribution in [-0.2, 0) is 4.79 Å². The van der Waals surface area contributed by atoms with Crippen molar-refractivity contribution < 1.29 is 19.1 Å². The van der Waals surface area contributed by atoms with E-state index in [9.17, 15) is 14.0 Å². The Labute approximate surface area is 193 Å². The number of aliphatic hydroxyl groups is 1. The maximum Gasteiger partial charge on any atom is 0.271 e. The van der Waals surface area contributed by atoms with Crippen molar-refractivity contribution in [3.63, 3.8) is 0 Å². The molecule has 1 saturated heterocycles. The summed E-state index contributed by atoms with van der Waals surface area (Å²) in [6, 6.07) is 6.03. The second kappa shape index (κ2) is 9.94. The molecule has 2 aromatic heterocycles. The van der Waals surface area contributed by atoms with Gasteiger partial charge in [-0.3, -0.25) is 14.7 Å². The molecule has 0 unspecified atom stereocenters. The van der Waals surface area contributed by atoms with Gasteiger partial charge in [-0.1, -0.05) is 5.92 Å². The normalized spacial score (nSPS) is 14.2. The van der Waals surface area contributed by atoms with Gasteiger partial charge in [0.2, 0.25) is 5.91 Å². The molecule has 1 aliphatic rings. The number of likely N-dealkylation sites (tertiary alicyclic amines) is 1. The van der Waals surface area contributed by atoms with E-state index in [0.717, 1.165) is 16.8 Å². The van der Waals surface area contributed by atoms with Gasteiger partial charge in [0.1, 0.15) is 28.8 Å². The first kappa shape index (κ1) is 22.6. The molecular weight excluding hydrogens is 445 g/mol. The number of aromatic nitrogens is 3. The third-order valence-corrected chi connectivity index (χ3v) is 6.46. The van der Waals surface area contributed by atoms with Gasteiger partial charge in [-0.05, 0) is 37.1 Å². The number of thiazole rings is 1. The summed E-state index contributed by atoms with van der Waals surface area (Å²) in [4.78, 5) is 30.3. The first-order valence-electron chi connectivity index (χ1n) is 10.4. The van der Waals surface area contributed by atoms with Gasteiger partial charge in [-0.25, -0.2) is 9.37 Å². The van der Waals surface area contributed by atoms with Crippen molar-refractivity contribution in [1.82, 2.24) is 25.4 Å². The van der Waals surface area contributed by atoms with Crippen LogP contribution in [0.15, 0.2) is 29.6 Å². The summed E-state index contributed by atoms with van der Waals surface area (Å²) in [6.07, 6.45) is 6.58. The smallest absolute Gasteiger partial charge is 0.271 e. The second-order valence-corrected chi connectivity index (χ2v) is 8.46. The zero-order valence-electron chi connectivity index (χ0n) is 17.7. The maximum atomic E-state index is 13.5. The number of hydrogen-bond donors (Lipinski definition) is 3. The summed E-state index contributed by atoms with van der Waals surface area (Å²) >= 11 is 1.31. The number of carbonyl (C=O) groups excluding carboxylic acids is 2. The molecule has 3 aromatic rings. The average molecular weight is 468 g/mol. The number of nitrogens with zero attached hydrogens (tertiary/aromatic N) is 3. The van der Waals surface area contributed by atoms with Crippen LogP contribution in [0.25, 0.3) is 21.8 Å². The van der Waals surface area contributed by atoms with E-state index in [4.69, 9.17) is 11.5 Å². The van der Waals surface area contributed by atoms with Crippen LogP contribution in [0.3, 0.4) is 0 Å². The Balaban J connectivity index is 1.70. The molecule has 0 spiro atoms. The molecule has 170 valence electrons. The molecular formula is C23H22FN5O3S. The predicted molar refractivity (Wildman–Crippen MR) is 122 cm³/mol. The molecule has 3 heterocycles. The Morgan fingerprint density at radius 2 is 2.03 bits per heavy atom. The Bertz CT molecular complexity index is 1190. The Hall–Kier alpha value is -3.55. The quantitative estimate of drug-likeness (QED) is 0.482. The van der Waals surface area contributed by atoms with Crippen molar-refractivity contribution in [2.24, 2.45) is 0 Å². The summed E-state index contributed by atoms with van der Waals surface area (Å²) in [6.45, 7) is 0.644. The van der Waals surface area contributed by atoms with Crippen LogP contribution >= 0.6 is 11.3 Å². The number of hydrogen-bond acceptors (Lipinski definition) is 6. The van der Waals surface area contributed by atoms with Crippen molar-refractivity contribution in [2.75, 3.05) is 26.2 Å². The SMILES string of the molecule is C#CCNC(=O)c1csc(-c2c(-c3ccc(F)cc3)n[nH]c2C2CCN(C(=O)CO)CC2)n1. The molecule has 0 bridgehead atoms. The van der Waals surface area contributed by atoms with E-state index >= 15 is 0 Å². The predicted octanol–water partition coefficient (Wildman–Crippen LogP) is 2.40. The van der Waals surface area contributed by atoms with Crippen molar-refractivity contribution >= 4 is 23.2 Å². The minimum Gasteiger partial charge on any atom is -0.387 e. The van der Waals surface area contributed by atoms with Gasteiger partial charge >= 0.3 is 0 Å². The molecule has 10 heteroatoms. The molecule has 0 aliphatic carbocycles. The summed E-state index contributed by atoms with van der Waals surface area (Å²) in [5.41, 5.74) is 3.20. The molecule has 0 atom stereocenters. The monoisotopic (exact) mass is 467 g/mol. The standard InChI is InChI=1S/C23H22FN5O3S/c1-2-9-25-22(32)17-13-33-23(26-17)19-20(14-3-5-16(24)6-4-14)27-28-21(19)15-7-10-29(11-8-15)18(31)12-30/h1,3-6,13,15,30H,7-12H2,(H,25,32)(H,27,28). The topological polar surface area (TPSA) is 111 Å². The van der Waals surface area contributed by atoms with Gasteiger partial charge in [-0.2, -0.15) is 5.10 Å². The third-order valence-electron chi connectivity index (χ3n) is 5.60. The van der Waals surface area contributed by atoms with E-state index in [1.165, 1.54) is 23.5 Å². The lowest BCUT2D eigenvalue weighted by atomic mass is 9.90. The number of aromatic amines is 1. The lowest BCUT2D eigenvalue weighted by molar-refractivity contribution is -0.135. The van der Waals surface area contributed by atoms with Gasteiger partial charge in [0.15, 0.2) is 0 Å². The summed E-state index contributed by atoms with van der Waals surface area (Å²) < 4.78 is 13.5. The highest BCUT2D eigenvalue weighted by Gasteiger charge is 2.30. The van der Waals surface area contributed by atoms with E-state index in [1.807, 2.05) is 0 Å². The summed E-state index contributed by atoms with van der Waals surface area (Å²) in [7, 11) is 0. The zero-order valence-corrected chi connectivity index (χ0v) is 18.5. The van der Waals surface area contributed by atoms with Gasteiger partial charge in [0.05, 0.1) is 12.1 Å². The number of benzene rings is 1. The highest BCUT2D eigenvalue weighted by Crippen LogP contribution is 2.41. The van der Waals surface area contributed by atoms with Crippen LogP contribution < -0.4 is 5.32 Å². The molecule has 1 aromatic carbocycles. The maximum absolute atomic E-state index is 13.5. The molecule has 1 fully saturated rings. The number of rotatable bonds is 6. The van der Waals surface area contributed by atoms with E-state index < -0.39 is 6.61 Å². The molecule has 3 N–H and O–H groups in total. The average Bonchev–Trinajstić information content (AvgIpc) is 3.50.